The second-order valence-electron chi connectivity index (χ2n) is 4.74. The van der Waals surface area contributed by atoms with E-state index in [0.717, 1.165) is 23.4 Å². The van der Waals surface area contributed by atoms with Gasteiger partial charge in [0, 0.05) is 13.5 Å². The zero-order valence-corrected chi connectivity index (χ0v) is 12.3. The van der Waals surface area contributed by atoms with Crippen molar-refractivity contribution in [1.82, 2.24) is 9.78 Å². The summed E-state index contributed by atoms with van der Waals surface area (Å²) in [5.41, 5.74) is 3.82. The summed E-state index contributed by atoms with van der Waals surface area (Å²) >= 11 is 6.22. The number of aliphatic hydroxyl groups is 1. The van der Waals surface area contributed by atoms with E-state index in [4.69, 9.17) is 11.6 Å². The highest BCUT2D eigenvalue weighted by Gasteiger charge is 2.18. The topological polar surface area (TPSA) is 38.1 Å². The van der Waals surface area contributed by atoms with Crippen molar-refractivity contribution in [3.63, 3.8) is 0 Å². The number of halogens is 1. The van der Waals surface area contributed by atoms with Crippen LogP contribution in [0.2, 0.25) is 5.02 Å². The number of rotatable bonds is 4. The van der Waals surface area contributed by atoms with Gasteiger partial charge in [0.05, 0.1) is 22.5 Å². The fraction of sp³-hybridized carbons (Fsp3) is 0.400. The average molecular weight is 279 g/mol. The molecule has 4 heteroatoms. The molecule has 0 fully saturated rings. The van der Waals surface area contributed by atoms with Gasteiger partial charge in [0.2, 0.25) is 0 Å². The molecule has 0 aliphatic heterocycles. The van der Waals surface area contributed by atoms with Crippen LogP contribution in [-0.2, 0) is 19.9 Å². The van der Waals surface area contributed by atoms with Crippen molar-refractivity contribution >= 4 is 11.6 Å². The predicted molar refractivity (Wildman–Crippen MR) is 77.4 cm³/mol. The summed E-state index contributed by atoms with van der Waals surface area (Å²) in [4.78, 5) is 0. The van der Waals surface area contributed by atoms with E-state index in [9.17, 15) is 5.11 Å². The molecule has 1 aromatic carbocycles. The molecule has 0 aliphatic rings. The van der Waals surface area contributed by atoms with E-state index < -0.39 is 6.10 Å². The van der Waals surface area contributed by atoms with Gasteiger partial charge >= 0.3 is 0 Å². The molecule has 3 nitrogen and oxygen atoms in total. The van der Waals surface area contributed by atoms with Gasteiger partial charge in [-0.3, -0.25) is 4.68 Å². The second kappa shape index (κ2) is 5.76. The summed E-state index contributed by atoms with van der Waals surface area (Å²) < 4.78 is 1.75. The van der Waals surface area contributed by atoms with E-state index in [1.54, 1.807) is 4.68 Å². The van der Waals surface area contributed by atoms with Crippen molar-refractivity contribution in [1.29, 1.82) is 0 Å². The van der Waals surface area contributed by atoms with E-state index in [2.05, 4.69) is 18.1 Å². The SMILES string of the molecule is CCc1ccccc1C(O)Cc1c(Cl)c(C)nn1C. The smallest absolute Gasteiger partial charge is 0.0848 e. The molecule has 2 rings (SSSR count). The molecule has 0 aliphatic carbocycles. The number of hydrogen-bond donors (Lipinski definition) is 1. The summed E-state index contributed by atoms with van der Waals surface area (Å²) in [6.07, 6.45) is 0.835. The van der Waals surface area contributed by atoms with Crippen LogP contribution in [0.25, 0.3) is 0 Å². The number of aromatic nitrogens is 2. The summed E-state index contributed by atoms with van der Waals surface area (Å²) in [7, 11) is 1.85. The van der Waals surface area contributed by atoms with Crippen LogP contribution in [-0.4, -0.2) is 14.9 Å². The van der Waals surface area contributed by atoms with Crippen LogP contribution in [0.1, 0.15) is 35.5 Å². The van der Waals surface area contributed by atoms with Crippen molar-refractivity contribution in [3.8, 4) is 0 Å². The zero-order valence-electron chi connectivity index (χ0n) is 11.5. The Morgan fingerprint density at radius 3 is 2.63 bits per heavy atom. The van der Waals surface area contributed by atoms with Gasteiger partial charge in [0.25, 0.3) is 0 Å². The lowest BCUT2D eigenvalue weighted by atomic mass is 9.97. The summed E-state index contributed by atoms with van der Waals surface area (Å²) in [6.45, 7) is 3.96. The molecule has 2 aromatic rings. The maximum atomic E-state index is 10.4. The van der Waals surface area contributed by atoms with Gasteiger partial charge in [-0.05, 0) is 24.5 Å². The Labute approximate surface area is 118 Å². The minimum atomic E-state index is -0.552. The maximum Gasteiger partial charge on any atom is 0.0848 e. The van der Waals surface area contributed by atoms with Gasteiger partial charge in [0.1, 0.15) is 0 Å². The van der Waals surface area contributed by atoms with E-state index in [1.807, 2.05) is 32.2 Å². The van der Waals surface area contributed by atoms with Gasteiger partial charge in [-0.2, -0.15) is 5.10 Å². The van der Waals surface area contributed by atoms with Crippen LogP contribution < -0.4 is 0 Å². The molecule has 0 amide bonds. The van der Waals surface area contributed by atoms with E-state index in [0.29, 0.717) is 11.4 Å². The molecule has 0 saturated carbocycles. The van der Waals surface area contributed by atoms with Gasteiger partial charge in [-0.15, -0.1) is 0 Å². The Kier molecular flexibility index (Phi) is 4.27. The van der Waals surface area contributed by atoms with Crippen molar-refractivity contribution in [2.24, 2.45) is 7.05 Å². The molecule has 0 saturated heterocycles. The molecule has 19 heavy (non-hydrogen) atoms. The van der Waals surface area contributed by atoms with Gasteiger partial charge < -0.3 is 5.11 Å². The standard InChI is InChI=1S/C15H19ClN2O/c1-4-11-7-5-6-8-12(11)14(19)9-13-15(16)10(2)17-18(13)3/h5-8,14,19H,4,9H2,1-3H3. The van der Waals surface area contributed by atoms with Crippen molar-refractivity contribution < 1.29 is 5.11 Å². The fourth-order valence-electron chi connectivity index (χ4n) is 2.38. The van der Waals surface area contributed by atoms with Crippen LogP contribution >= 0.6 is 11.6 Å². The number of hydrogen-bond acceptors (Lipinski definition) is 2. The Hall–Kier alpha value is -1.32. The molecular weight excluding hydrogens is 260 g/mol. The van der Waals surface area contributed by atoms with Crippen LogP contribution in [0.15, 0.2) is 24.3 Å². The minimum Gasteiger partial charge on any atom is -0.388 e. The number of nitrogens with zero attached hydrogens (tertiary/aromatic N) is 2. The van der Waals surface area contributed by atoms with Crippen LogP contribution in [0.4, 0.5) is 0 Å². The van der Waals surface area contributed by atoms with Crippen LogP contribution in [0, 0.1) is 6.92 Å². The first-order chi connectivity index (χ1) is 9.04. The van der Waals surface area contributed by atoms with Crippen LogP contribution in [0.5, 0.6) is 0 Å². The Bertz CT molecular complexity index is 578. The molecule has 1 N–H and O–H groups in total. The fourth-order valence-corrected chi connectivity index (χ4v) is 2.61. The highest BCUT2D eigenvalue weighted by Crippen LogP contribution is 2.27. The van der Waals surface area contributed by atoms with Crippen molar-refractivity contribution in [3.05, 3.63) is 51.8 Å². The van der Waals surface area contributed by atoms with Gasteiger partial charge in [-0.25, -0.2) is 0 Å². The molecule has 1 unspecified atom stereocenters. The lowest BCUT2D eigenvalue weighted by molar-refractivity contribution is 0.175. The normalized spacial score (nSPS) is 12.7. The zero-order chi connectivity index (χ0) is 14.0. The van der Waals surface area contributed by atoms with Gasteiger partial charge in [0.15, 0.2) is 0 Å². The molecule has 0 spiro atoms. The monoisotopic (exact) mass is 278 g/mol. The number of aliphatic hydroxyl groups excluding tert-OH is 1. The molecule has 0 bridgehead atoms. The second-order valence-corrected chi connectivity index (χ2v) is 5.12. The lowest BCUT2D eigenvalue weighted by Crippen LogP contribution is -2.08. The first-order valence-corrected chi connectivity index (χ1v) is 6.86. The molecule has 0 radical (unpaired) electrons. The summed E-state index contributed by atoms with van der Waals surface area (Å²) in [5, 5.41) is 15.4. The number of benzene rings is 1. The third-order valence-electron chi connectivity index (χ3n) is 3.44. The summed E-state index contributed by atoms with van der Waals surface area (Å²) in [6, 6.07) is 7.97. The maximum absolute atomic E-state index is 10.4. The third-order valence-corrected chi connectivity index (χ3v) is 3.93. The van der Waals surface area contributed by atoms with Crippen LogP contribution in [0.3, 0.4) is 0 Å². The first-order valence-electron chi connectivity index (χ1n) is 6.48. The Morgan fingerprint density at radius 1 is 1.37 bits per heavy atom. The quantitative estimate of drug-likeness (QED) is 0.932. The Morgan fingerprint density at radius 2 is 2.05 bits per heavy atom. The highest BCUT2D eigenvalue weighted by molar-refractivity contribution is 6.31. The minimum absolute atomic E-state index is 0.479. The highest BCUT2D eigenvalue weighted by atomic mass is 35.5. The molecule has 102 valence electrons. The van der Waals surface area contributed by atoms with Crippen molar-refractivity contribution in [2.45, 2.75) is 32.8 Å². The Balaban J connectivity index is 2.28. The molecule has 1 heterocycles. The van der Waals surface area contributed by atoms with E-state index in [1.165, 1.54) is 5.56 Å². The predicted octanol–water partition coefficient (Wildman–Crippen LogP) is 3.22. The molecule has 1 aromatic heterocycles. The lowest BCUT2D eigenvalue weighted by Gasteiger charge is -2.15. The van der Waals surface area contributed by atoms with Crippen molar-refractivity contribution in [2.75, 3.05) is 0 Å². The number of aryl methyl sites for hydroxylation is 3. The van der Waals surface area contributed by atoms with E-state index in [-0.39, 0.29) is 0 Å². The largest absolute Gasteiger partial charge is 0.388 e. The summed E-state index contributed by atoms with van der Waals surface area (Å²) in [5.74, 6) is 0. The molecular formula is C15H19ClN2O. The first kappa shape index (κ1) is 14.1. The van der Waals surface area contributed by atoms with Gasteiger partial charge in [-0.1, -0.05) is 42.8 Å². The molecule has 1 atom stereocenters. The average Bonchev–Trinajstić information content (AvgIpc) is 2.65. The third kappa shape index (κ3) is 2.82. The van der Waals surface area contributed by atoms with E-state index >= 15 is 0 Å².